The Hall–Kier alpha value is -2.73. The van der Waals surface area contributed by atoms with Crippen molar-refractivity contribution in [2.45, 2.75) is 106 Å². The minimum atomic E-state index is -3.98. The van der Waals surface area contributed by atoms with Gasteiger partial charge in [0.25, 0.3) is 30.4 Å². The third-order valence-electron chi connectivity index (χ3n) is 10.3. The smallest absolute Gasteiger partial charge is 0.870 e. The zero-order chi connectivity index (χ0) is 59.5. The number of carboxylic acids is 1. The second-order valence-electron chi connectivity index (χ2n) is 19.5. The summed E-state index contributed by atoms with van der Waals surface area (Å²) in [6, 6.07) is 18.2. The molecule has 0 heterocycles. The van der Waals surface area contributed by atoms with Crippen LogP contribution < -0.4 is 29.6 Å². The fraction of sp³-hybridized carbons (Fsp3) is 0.681. The van der Waals surface area contributed by atoms with Crippen LogP contribution in [0, 0.1) is 16.2 Å². The number of carboxylic acid groups (broad SMARTS) is 1. The van der Waals surface area contributed by atoms with Gasteiger partial charge in [-0.05, 0) is 37.8 Å². The Kier molecular flexibility index (Phi) is 38.2. The molecule has 0 fully saturated rings. The van der Waals surface area contributed by atoms with E-state index in [1.807, 2.05) is 36.4 Å². The number of hydrogen-bond donors (Lipinski definition) is 2. The molecule has 2 aromatic carbocycles. The fourth-order valence-electron chi connectivity index (χ4n) is 5.99. The van der Waals surface area contributed by atoms with Crippen LogP contribution in [-0.4, -0.2) is 174 Å². The predicted molar refractivity (Wildman–Crippen MR) is 286 cm³/mol. The number of sulfone groups is 2. The van der Waals surface area contributed by atoms with E-state index in [4.69, 9.17) is 26.8 Å². The molecule has 0 radical (unpaired) electrons. The van der Waals surface area contributed by atoms with Crippen LogP contribution in [-0.2, 0) is 128 Å². The summed E-state index contributed by atoms with van der Waals surface area (Å²) in [6.45, 7) is 11.8. The van der Waals surface area contributed by atoms with E-state index in [-0.39, 0.29) is 105 Å². The van der Waals surface area contributed by atoms with E-state index in [0.29, 0.717) is 0 Å². The molecule has 25 nitrogen and oxygen atoms in total. The van der Waals surface area contributed by atoms with Crippen molar-refractivity contribution >= 4 is 78.6 Å². The summed E-state index contributed by atoms with van der Waals surface area (Å²) in [5.74, 6) is -4.82. The summed E-state index contributed by atoms with van der Waals surface area (Å²) < 4.78 is 172. The van der Waals surface area contributed by atoms with E-state index in [1.165, 1.54) is 27.7 Å². The van der Waals surface area contributed by atoms with Crippen LogP contribution in [0.1, 0.15) is 85.8 Å². The van der Waals surface area contributed by atoms with Crippen molar-refractivity contribution in [1.82, 2.24) is 0 Å². The fourth-order valence-corrected chi connectivity index (χ4v) is 11.6. The zero-order valence-corrected chi connectivity index (χ0v) is 53.5. The van der Waals surface area contributed by atoms with E-state index in [2.05, 4.69) is 4.74 Å². The molecular weight excluding hydrogens is 1180 g/mol. The van der Waals surface area contributed by atoms with Crippen molar-refractivity contribution in [3.05, 3.63) is 71.8 Å². The first kappa shape index (κ1) is 80.5. The van der Waals surface area contributed by atoms with Crippen molar-refractivity contribution < 1.29 is 142 Å². The van der Waals surface area contributed by atoms with Gasteiger partial charge < -0.3 is 43.1 Å². The topological polar surface area (TPSA) is 391 Å². The Morgan fingerprint density at radius 1 is 0.532 bits per heavy atom. The molecule has 0 aliphatic carbocycles. The molecule has 454 valence electrons. The standard InChI is InChI=1S/C19H30O8S2.C17H26O8S2.C11H21O8S2.Na.H2O/c1-5-25-18(20)17(26-14-16-10-7-6-8-11-16)19(2,3)15-27-29(23,24)13-9-12-28(4,21)22;1-17(2,13-25-27(22,23)11-7-10-26(3,20)21)15(16(18)19)24-12-14-8-5-4-6-9-14;1-4-18-10(13)9(12)11(2,3)8-19-21(16,17)7-5-6-20(14)15;;/h6-8,10-11,17H,5,9,12-15H2,1-4H3;4-6,8-9,15H,7,10-13H2,1-3H3,(H,18,19);9,12H,4-8H2,1-3H3;;1H2/q;;-1;+1;/p-1/t17-;15-;9-;;/m000../s1. The molecule has 0 bridgehead atoms. The SMILES string of the molecule is CC(C)(COS(=O)(=O)CCCS(C)(=O)=O)[C@@H](OCc1ccccc1)C(=O)O.CCOC(=O)[C@H](O)C(C)(C)COS(=O)(=O)CCC[S-](=O)=O.CCOC(=O)[C@H](OCc1ccccc1)C(C)(C)COS(=O)(=O)CCCS(C)(=O)=O.[Na+].[OH-]. The van der Waals surface area contributed by atoms with Gasteiger partial charge in [0, 0.05) is 28.8 Å². The van der Waals surface area contributed by atoms with Gasteiger partial charge in [-0.3, -0.25) is 12.5 Å². The van der Waals surface area contributed by atoms with E-state index in [1.54, 1.807) is 52.0 Å². The molecule has 0 amide bonds. The number of hydrogen-bond acceptors (Lipinski definition) is 25. The van der Waals surface area contributed by atoms with Crippen molar-refractivity contribution in [1.29, 1.82) is 0 Å². The molecule has 3 N–H and O–H groups in total. The first-order valence-corrected chi connectivity index (χ1v) is 33.9. The summed E-state index contributed by atoms with van der Waals surface area (Å²) >= 11 is 0. The number of rotatable bonds is 35. The van der Waals surface area contributed by atoms with Gasteiger partial charge in [0.1, 0.15) is 19.7 Å². The van der Waals surface area contributed by atoms with Gasteiger partial charge in [-0.1, -0.05) is 125 Å². The van der Waals surface area contributed by atoms with Gasteiger partial charge in [-0.25, -0.2) is 31.2 Å². The molecule has 32 heteroatoms. The molecule has 3 atom stereocenters. The second kappa shape index (κ2) is 37.5. The Bertz CT molecular complexity index is 2760. The number of ether oxygens (including phenoxy) is 4. The molecule has 79 heavy (non-hydrogen) atoms. The minimum absolute atomic E-state index is 0. The molecule has 0 saturated heterocycles. The van der Waals surface area contributed by atoms with Crippen LogP contribution in [0.15, 0.2) is 60.7 Å². The summed E-state index contributed by atoms with van der Waals surface area (Å²) in [4.78, 5) is 35.4. The molecule has 2 aromatic rings. The number of benzene rings is 2. The maximum atomic E-state index is 12.4. The number of aliphatic hydroxyl groups is 1. The van der Waals surface area contributed by atoms with Crippen LogP contribution in [0.25, 0.3) is 0 Å². The molecule has 0 aliphatic heterocycles. The van der Waals surface area contributed by atoms with E-state index < -0.39 is 144 Å². The average Bonchev–Trinajstić information content (AvgIpc) is 3.29. The molecule has 2 rings (SSSR count). The maximum absolute atomic E-state index is 12.4. The molecule has 0 aliphatic rings. The van der Waals surface area contributed by atoms with Crippen LogP contribution in [0.5, 0.6) is 0 Å². The van der Waals surface area contributed by atoms with Crippen LogP contribution in [0.4, 0.5) is 0 Å². The van der Waals surface area contributed by atoms with E-state index in [0.717, 1.165) is 23.6 Å². The molecule has 0 saturated carbocycles. The number of carbonyl (C=O) groups is 3. The summed E-state index contributed by atoms with van der Waals surface area (Å²) in [5.41, 5.74) is -1.67. The molecule has 0 unspecified atom stereocenters. The van der Waals surface area contributed by atoms with Gasteiger partial charge in [0.05, 0.1) is 75.0 Å². The van der Waals surface area contributed by atoms with Gasteiger partial charge in [0.2, 0.25) is 0 Å². The predicted octanol–water partition coefficient (Wildman–Crippen LogP) is 0.216. The van der Waals surface area contributed by atoms with Gasteiger partial charge >= 0.3 is 47.5 Å². The van der Waals surface area contributed by atoms with Gasteiger partial charge in [0.15, 0.2) is 18.3 Å². The Balaban J connectivity index is -0.00000110. The van der Waals surface area contributed by atoms with Gasteiger partial charge in [-0.15, -0.1) is 0 Å². The quantitative estimate of drug-likeness (QED) is 0.0403. The monoisotopic (exact) mass is 1260 g/mol. The Morgan fingerprint density at radius 2 is 0.861 bits per heavy atom. The molecular formula is C47H78NaO25S6-. The van der Waals surface area contributed by atoms with Crippen LogP contribution >= 0.6 is 0 Å². The summed E-state index contributed by atoms with van der Waals surface area (Å²) in [5, 5.41) is 19.2. The van der Waals surface area contributed by atoms with E-state index >= 15 is 0 Å². The second-order valence-corrected chi connectivity index (χ2v) is 30.3. The molecule has 0 aromatic heterocycles. The zero-order valence-electron chi connectivity index (χ0n) is 46.6. The van der Waals surface area contributed by atoms with Crippen LogP contribution in [0.2, 0.25) is 0 Å². The third kappa shape index (κ3) is 37.9. The normalized spacial score (nSPS) is 13.6. The summed E-state index contributed by atoms with van der Waals surface area (Å²) in [7, 11) is -20.7. The average molecular weight is 1260 g/mol. The Labute approximate surface area is 490 Å². The number of carbonyl (C=O) groups excluding carboxylic acids is 2. The third-order valence-corrected chi connectivity index (χ3v) is 16.7. The first-order valence-electron chi connectivity index (χ1n) is 23.8. The van der Waals surface area contributed by atoms with E-state index in [9.17, 15) is 75.1 Å². The van der Waals surface area contributed by atoms with Crippen molar-refractivity contribution in [3.63, 3.8) is 0 Å². The van der Waals surface area contributed by atoms with Crippen molar-refractivity contribution in [3.8, 4) is 0 Å². The van der Waals surface area contributed by atoms with Crippen molar-refractivity contribution in [2.75, 3.05) is 80.1 Å². The number of aliphatic hydroxyl groups excluding tert-OH is 1. The first-order chi connectivity index (χ1) is 35.2. The minimum Gasteiger partial charge on any atom is -0.870 e. The largest absolute Gasteiger partial charge is 1.00 e. The van der Waals surface area contributed by atoms with Crippen LogP contribution in [0.3, 0.4) is 0 Å². The van der Waals surface area contributed by atoms with Gasteiger partial charge in [-0.2, -0.15) is 25.3 Å². The Morgan fingerprint density at radius 3 is 1.20 bits per heavy atom. The summed E-state index contributed by atoms with van der Waals surface area (Å²) in [6.07, 6.45) is -2.04. The molecule has 0 spiro atoms. The number of aliphatic carboxylic acids is 1. The maximum Gasteiger partial charge on any atom is 1.00 e. The number of esters is 2. The van der Waals surface area contributed by atoms with Crippen molar-refractivity contribution in [2.24, 2.45) is 16.2 Å².